The Morgan fingerprint density at radius 3 is 1.66 bits per heavy atom. The number of carboxylic acids is 1. The number of phosphoric ester groups is 1. The maximum absolute atomic E-state index is 12.6. The van der Waals surface area contributed by atoms with Gasteiger partial charge >= 0.3 is 25.7 Å². The number of phosphoric acid groups is 1. The van der Waals surface area contributed by atoms with Crippen molar-refractivity contribution in [1.82, 2.24) is 0 Å². The molecule has 0 bridgehead atoms. The lowest BCUT2D eigenvalue weighted by atomic mass is 10.1. The highest BCUT2D eigenvalue weighted by atomic mass is 31.2. The summed E-state index contributed by atoms with van der Waals surface area (Å²) in [7, 11) is -4.74. The Morgan fingerprint density at radius 2 is 1.07 bits per heavy atom. The number of aliphatic carboxylic acids is 1. The average Bonchev–Trinajstić information content (AvgIpc) is 3.21. The van der Waals surface area contributed by atoms with Crippen LogP contribution >= 0.6 is 7.82 Å². The third kappa shape index (κ3) is 40.3. The lowest BCUT2D eigenvalue weighted by Crippen LogP contribution is -2.34. The number of allylic oxidation sites excluding steroid dienone is 9. The molecule has 1 unspecified atom stereocenters. The number of hydrogen-bond acceptors (Lipinski definition) is 10. The number of carboxylic acid groups (broad SMARTS) is 1. The molecule has 0 saturated carbocycles. The molecule has 0 aromatic heterocycles. The van der Waals surface area contributed by atoms with Crippen LogP contribution in [0.5, 0.6) is 0 Å². The number of esters is 2. The van der Waals surface area contributed by atoms with Gasteiger partial charge in [0.05, 0.1) is 19.3 Å². The minimum Gasteiger partial charge on any atom is -0.480 e. The molecule has 0 heterocycles. The molecule has 0 saturated heterocycles. The zero-order valence-electron chi connectivity index (χ0n) is 36.4. The minimum absolute atomic E-state index is 0.0657. The van der Waals surface area contributed by atoms with Crippen molar-refractivity contribution < 1.29 is 52.6 Å². The Bertz CT molecular complexity index is 1250. The number of aliphatic hydroxyl groups excluding tert-OH is 1. The van der Waals surface area contributed by atoms with E-state index in [2.05, 4.69) is 54.8 Å². The molecule has 340 valence electrons. The molecule has 5 N–H and O–H groups in total. The molecular formula is C46H80NO11P. The van der Waals surface area contributed by atoms with E-state index in [4.69, 9.17) is 24.8 Å². The SMILES string of the molecule is CCCCCCCC/C=C\CCCCCCCCCC(=O)OC[C@H](COP(=O)(O)OC[C@H](N)C(=O)O)OC(=O)CCC/C=C\C/C=C\C/C=C\C/C=C\[C@H](O)CCCC. The Labute approximate surface area is 356 Å². The number of carbonyl (C=O) groups excluding carboxylic acids is 2. The number of rotatable bonds is 41. The summed E-state index contributed by atoms with van der Waals surface area (Å²) < 4.78 is 32.6. The second kappa shape index (κ2) is 40.5. The van der Waals surface area contributed by atoms with E-state index in [1.807, 2.05) is 24.3 Å². The molecule has 13 heteroatoms. The fraction of sp³-hybridized carbons (Fsp3) is 0.717. The van der Waals surface area contributed by atoms with Crippen LogP contribution in [0.25, 0.3) is 0 Å². The molecule has 0 rings (SSSR count). The zero-order valence-corrected chi connectivity index (χ0v) is 37.3. The van der Waals surface area contributed by atoms with Crippen molar-refractivity contribution in [3.8, 4) is 0 Å². The van der Waals surface area contributed by atoms with Gasteiger partial charge in [0.25, 0.3) is 0 Å². The highest BCUT2D eigenvalue weighted by Crippen LogP contribution is 2.43. The van der Waals surface area contributed by atoms with Gasteiger partial charge in [-0.1, -0.05) is 152 Å². The third-order valence-corrected chi connectivity index (χ3v) is 10.3. The van der Waals surface area contributed by atoms with Crippen molar-refractivity contribution in [2.24, 2.45) is 5.73 Å². The zero-order chi connectivity index (χ0) is 43.7. The number of nitrogens with two attached hydrogens (primary N) is 1. The summed E-state index contributed by atoms with van der Waals surface area (Å²) in [6, 6.07) is -1.54. The van der Waals surface area contributed by atoms with Crippen LogP contribution in [-0.2, 0) is 37.5 Å². The first-order valence-corrected chi connectivity index (χ1v) is 23.9. The standard InChI is InChI=1S/C46H80NO11P/c1-3-5-7-8-9-10-11-12-13-14-15-16-20-23-26-29-32-36-44(49)55-38-42(39-56-59(53,54)57-40-43(47)46(51)52)58-45(50)37-33-30-27-24-21-18-17-19-22-25-28-31-35-41(48)34-6-4-2/h12-13,17-18,22,24-25,27,31,35,41-43,48H,3-11,14-16,19-21,23,26,28-30,32-34,36-40,47H2,1-2H3,(H,51,52)(H,53,54)/b13-12-,18-17-,25-22-,27-24-,35-31-/t41-,42-,43+/m1/s1. The Morgan fingerprint density at radius 1 is 0.593 bits per heavy atom. The quantitative estimate of drug-likeness (QED) is 0.0197. The Hall–Kier alpha value is -2.86. The van der Waals surface area contributed by atoms with Crippen LogP contribution in [-0.4, -0.2) is 71.1 Å². The van der Waals surface area contributed by atoms with Gasteiger partial charge in [0.2, 0.25) is 0 Å². The van der Waals surface area contributed by atoms with Crippen LogP contribution in [0, 0.1) is 0 Å². The Balaban J connectivity index is 4.48. The molecule has 0 amide bonds. The first-order chi connectivity index (χ1) is 28.5. The monoisotopic (exact) mass is 854 g/mol. The summed E-state index contributed by atoms with van der Waals surface area (Å²) in [5, 5.41) is 18.7. The van der Waals surface area contributed by atoms with Gasteiger partial charge < -0.3 is 30.3 Å². The summed E-state index contributed by atoms with van der Waals surface area (Å²) in [5.41, 5.74) is 5.33. The van der Waals surface area contributed by atoms with Gasteiger partial charge in [0.15, 0.2) is 6.10 Å². The van der Waals surface area contributed by atoms with E-state index in [0.29, 0.717) is 19.3 Å². The second-order valence-electron chi connectivity index (χ2n) is 15.0. The molecule has 12 nitrogen and oxygen atoms in total. The molecule has 0 aromatic carbocycles. The molecule has 0 spiro atoms. The van der Waals surface area contributed by atoms with E-state index in [0.717, 1.165) is 64.2 Å². The van der Waals surface area contributed by atoms with Gasteiger partial charge in [-0.05, 0) is 70.6 Å². The molecule has 0 fully saturated rings. The molecule has 0 aliphatic heterocycles. The van der Waals surface area contributed by atoms with E-state index in [9.17, 15) is 28.9 Å². The van der Waals surface area contributed by atoms with Gasteiger partial charge in [-0.25, -0.2) is 4.57 Å². The molecule has 0 radical (unpaired) electrons. The molecular weight excluding hydrogens is 773 g/mol. The van der Waals surface area contributed by atoms with Crippen molar-refractivity contribution in [2.45, 2.75) is 193 Å². The van der Waals surface area contributed by atoms with E-state index in [1.54, 1.807) is 0 Å². The predicted octanol–water partition coefficient (Wildman–Crippen LogP) is 10.9. The molecule has 0 aliphatic rings. The third-order valence-electron chi connectivity index (χ3n) is 9.31. The van der Waals surface area contributed by atoms with Crippen molar-refractivity contribution in [2.75, 3.05) is 19.8 Å². The maximum Gasteiger partial charge on any atom is 0.472 e. The smallest absolute Gasteiger partial charge is 0.472 e. The van der Waals surface area contributed by atoms with Crippen LogP contribution < -0.4 is 5.73 Å². The van der Waals surface area contributed by atoms with Gasteiger partial charge in [0.1, 0.15) is 12.6 Å². The summed E-state index contributed by atoms with van der Waals surface area (Å²) >= 11 is 0. The first-order valence-electron chi connectivity index (χ1n) is 22.4. The fourth-order valence-electron chi connectivity index (χ4n) is 5.72. The number of ether oxygens (including phenoxy) is 2. The van der Waals surface area contributed by atoms with Crippen LogP contribution in [0.2, 0.25) is 0 Å². The minimum atomic E-state index is -4.74. The van der Waals surface area contributed by atoms with E-state index in [-0.39, 0.29) is 25.6 Å². The summed E-state index contributed by atoms with van der Waals surface area (Å²) in [6.45, 7) is 2.57. The van der Waals surface area contributed by atoms with Crippen LogP contribution in [0.15, 0.2) is 60.8 Å². The first kappa shape index (κ1) is 56.1. The van der Waals surface area contributed by atoms with Crippen molar-refractivity contribution in [1.29, 1.82) is 0 Å². The number of aliphatic hydroxyl groups is 1. The van der Waals surface area contributed by atoms with Gasteiger partial charge in [0, 0.05) is 12.8 Å². The molecule has 59 heavy (non-hydrogen) atoms. The second-order valence-corrected chi connectivity index (χ2v) is 16.4. The molecule has 0 aliphatic carbocycles. The summed E-state index contributed by atoms with van der Waals surface area (Å²) in [5.74, 6) is -2.49. The topological polar surface area (TPSA) is 192 Å². The van der Waals surface area contributed by atoms with Crippen LogP contribution in [0.1, 0.15) is 174 Å². The summed E-state index contributed by atoms with van der Waals surface area (Å²) in [4.78, 5) is 46.0. The lowest BCUT2D eigenvalue weighted by molar-refractivity contribution is -0.161. The number of carbonyl (C=O) groups is 3. The van der Waals surface area contributed by atoms with Crippen molar-refractivity contribution in [3.63, 3.8) is 0 Å². The molecule has 0 aromatic rings. The molecule has 4 atom stereocenters. The lowest BCUT2D eigenvalue weighted by Gasteiger charge is -2.20. The van der Waals surface area contributed by atoms with E-state index < -0.39 is 51.1 Å². The normalized spacial score (nSPS) is 14.8. The maximum atomic E-state index is 12.6. The predicted molar refractivity (Wildman–Crippen MR) is 237 cm³/mol. The van der Waals surface area contributed by atoms with Gasteiger partial charge in [-0.15, -0.1) is 0 Å². The van der Waals surface area contributed by atoms with Crippen molar-refractivity contribution >= 4 is 25.7 Å². The largest absolute Gasteiger partial charge is 0.480 e. The van der Waals surface area contributed by atoms with Gasteiger partial charge in [-0.2, -0.15) is 0 Å². The fourth-order valence-corrected chi connectivity index (χ4v) is 6.50. The Kier molecular flexibility index (Phi) is 38.6. The average molecular weight is 854 g/mol. The van der Waals surface area contributed by atoms with Crippen LogP contribution in [0.3, 0.4) is 0 Å². The van der Waals surface area contributed by atoms with Crippen LogP contribution in [0.4, 0.5) is 0 Å². The highest BCUT2D eigenvalue weighted by Gasteiger charge is 2.28. The number of hydrogen-bond donors (Lipinski definition) is 4. The van der Waals surface area contributed by atoms with E-state index in [1.165, 1.54) is 64.2 Å². The number of unbranched alkanes of at least 4 members (excludes halogenated alkanes) is 15. The van der Waals surface area contributed by atoms with Crippen molar-refractivity contribution in [3.05, 3.63) is 60.8 Å². The van der Waals surface area contributed by atoms with Gasteiger partial charge in [-0.3, -0.25) is 23.4 Å². The van der Waals surface area contributed by atoms with E-state index >= 15 is 0 Å². The highest BCUT2D eigenvalue weighted by molar-refractivity contribution is 7.47. The summed E-state index contributed by atoms with van der Waals surface area (Å²) in [6.07, 6.45) is 43.4.